The second-order valence-electron chi connectivity index (χ2n) is 8.44. The number of hydrogen-bond donors (Lipinski definition) is 10. The van der Waals surface area contributed by atoms with Crippen molar-refractivity contribution >= 4 is 60.0 Å². The van der Waals surface area contributed by atoms with E-state index in [1.807, 2.05) is 0 Å². The lowest BCUT2D eigenvalue weighted by Gasteiger charge is -2.25. The largest absolute Gasteiger partial charge is 0.507 e. The van der Waals surface area contributed by atoms with Crippen LogP contribution in [0.15, 0.2) is 24.3 Å². The number of phenols is 2. The Morgan fingerprint density at radius 1 is 0.684 bits per heavy atom. The number of carbonyl (C=O) groups excluding carboxylic acids is 4. The van der Waals surface area contributed by atoms with E-state index in [1.165, 1.54) is 0 Å². The number of thiol groups is 2. The molecule has 0 bridgehead atoms. The van der Waals surface area contributed by atoms with Gasteiger partial charge in [0.25, 0.3) is 0 Å². The third-order valence-electron chi connectivity index (χ3n) is 5.82. The summed E-state index contributed by atoms with van der Waals surface area (Å²) in [5.74, 6) is -2.62. The standard InChI is InChI=1S/C24H30N6O6S2/c25-11(9-37)23(35)29-7-5-27-13-1-2-14(28-6-8-30-24(36)12(26)10-38)18-17(13)21(33)19-15(31)3-4-16(32)20(19)22(18)34/h1-4,11-12,27-28,31-32,37-38H,5-10,25-26H2,(H,29,35)(H,30,36)/t11-,12-/m1/s1. The molecule has 38 heavy (non-hydrogen) atoms. The van der Waals surface area contributed by atoms with Crippen molar-refractivity contribution in [3.63, 3.8) is 0 Å². The maximum atomic E-state index is 13.5. The van der Waals surface area contributed by atoms with Crippen LogP contribution >= 0.6 is 25.3 Å². The number of ketones is 2. The topological polar surface area (TPSA) is 209 Å². The summed E-state index contributed by atoms with van der Waals surface area (Å²) in [6, 6.07) is 3.90. The van der Waals surface area contributed by atoms with Crippen LogP contribution in [-0.2, 0) is 9.59 Å². The van der Waals surface area contributed by atoms with Gasteiger partial charge in [-0.15, -0.1) is 0 Å². The van der Waals surface area contributed by atoms with E-state index in [4.69, 9.17) is 11.5 Å². The van der Waals surface area contributed by atoms with Gasteiger partial charge in [-0.3, -0.25) is 19.2 Å². The molecule has 0 spiro atoms. The maximum Gasteiger partial charge on any atom is 0.237 e. The van der Waals surface area contributed by atoms with Gasteiger partial charge in [-0.2, -0.15) is 25.3 Å². The number of fused-ring (bicyclic) bond motifs is 2. The minimum absolute atomic E-state index is 0.00656. The SMILES string of the molecule is N[C@H](CS)C(=O)NCCNc1ccc(NCCNC(=O)[C@H](N)CS)c2c1C(=O)c1c(O)ccc(O)c1C2=O. The molecule has 3 rings (SSSR count). The number of amides is 2. The summed E-state index contributed by atoms with van der Waals surface area (Å²) in [6.45, 7) is 0.742. The second-order valence-corrected chi connectivity index (χ2v) is 9.17. The molecule has 1 aliphatic rings. The lowest BCUT2D eigenvalue weighted by atomic mass is 9.81. The van der Waals surface area contributed by atoms with Crippen molar-refractivity contribution in [3.8, 4) is 11.5 Å². The molecule has 10 N–H and O–H groups in total. The molecule has 0 radical (unpaired) electrons. The van der Waals surface area contributed by atoms with Gasteiger partial charge in [-0.1, -0.05) is 0 Å². The van der Waals surface area contributed by atoms with Crippen LogP contribution < -0.4 is 32.7 Å². The van der Waals surface area contributed by atoms with Crippen LogP contribution in [0.5, 0.6) is 11.5 Å². The molecule has 1 aliphatic carbocycles. The predicted molar refractivity (Wildman–Crippen MR) is 150 cm³/mol. The van der Waals surface area contributed by atoms with E-state index in [0.29, 0.717) is 0 Å². The van der Waals surface area contributed by atoms with Crippen LogP contribution in [0.3, 0.4) is 0 Å². The Hall–Kier alpha value is -3.46. The molecule has 2 aromatic rings. The second kappa shape index (κ2) is 12.9. The highest BCUT2D eigenvalue weighted by atomic mass is 32.1. The molecule has 0 saturated heterocycles. The van der Waals surface area contributed by atoms with E-state index in [2.05, 4.69) is 46.5 Å². The predicted octanol–water partition coefficient (Wildman–Crippen LogP) is -0.556. The Kier molecular flexibility index (Phi) is 9.85. The molecule has 2 amide bonds. The van der Waals surface area contributed by atoms with Crippen molar-refractivity contribution < 1.29 is 29.4 Å². The molecule has 2 atom stereocenters. The highest BCUT2D eigenvalue weighted by Crippen LogP contribution is 2.42. The molecule has 0 unspecified atom stereocenters. The number of anilines is 2. The number of nitrogens with one attached hydrogen (secondary N) is 4. The zero-order valence-corrected chi connectivity index (χ0v) is 22.1. The van der Waals surface area contributed by atoms with E-state index in [1.54, 1.807) is 12.1 Å². The molecular weight excluding hydrogens is 532 g/mol. The molecule has 204 valence electrons. The van der Waals surface area contributed by atoms with Gasteiger partial charge >= 0.3 is 0 Å². The summed E-state index contributed by atoms with van der Waals surface area (Å²) in [4.78, 5) is 50.8. The fourth-order valence-corrected chi connectivity index (χ4v) is 4.18. The third-order valence-corrected chi connectivity index (χ3v) is 6.61. The van der Waals surface area contributed by atoms with Gasteiger partial charge < -0.3 is 42.9 Å². The van der Waals surface area contributed by atoms with Crippen molar-refractivity contribution in [2.24, 2.45) is 11.5 Å². The molecular formula is C24H30N6O6S2. The lowest BCUT2D eigenvalue weighted by Crippen LogP contribution is -2.43. The van der Waals surface area contributed by atoms with Crippen LogP contribution in [0.4, 0.5) is 11.4 Å². The molecule has 12 nitrogen and oxygen atoms in total. The monoisotopic (exact) mass is 562 g/mol. The van der Waals surface area contributed by atoms with Crippen LogP contribution in [-0.4, -0.2) is 83.4 Å². The van der Waals surface area contributed by atoms with E-state index >= 15 is 0 Å². The molecule has 0 aromatic heterocycles. The molecule has 14 heteroatoms. The molecule has 2 aromatic carbocycles. The number of phenolic OH excluding ortho intramolecular Hbond substituents is 2. The molecule has 0 saturated carbocycles. The number of aromatic hydroxyl groups is 2. The van der Waals surface area contributed by atoms with E-state index in [9.17, 15) is 29.4 Å². The fraction of sp³-hybridized carbons (Fsp3) is 0.333. The summed E-state index contributed by atoms with van der Waals surface area (Å²) in [5, 5.41) is 32.1. The van der Waals surface area contributed by atoms with Crippen LogP contribution in [0.2, 0.25) is 0 Å². The van der Waals surface area contributed by atoms with Gasteiger partial charge in [-0.05, 0) is 24.3 Å². The summed E-state index contributed by atoms with van der Waals surface area (Å²) in [6.07, 6.45) is 0. The van der Waals surface area contributed by atoms with Crippen LogP contribution in [0.25, 0.3) is 0 Å². The Balaban J connectivity index is 1.88. The van der Waals surface area contributed by atoms with E-state index in [0.717, 1.165) is 12.1 Å². The lowest BCUT2D eigenvalue weighted by molar-refractivity contribution is -0.122. The first-order valence-electron chi connectivity index (χ1n) is 11.7. The van der Waals surface area contributed by atoms with Crippen molar-refractivity contribution in [2.45, 2.75) is 12.1 Å². The van der Waals surface area contributed by atoms with Crippen molar-refractivity contribution in [1.29, 1.82) is 0 Å². The number of rotatable bonds is 12. The zero-order valence-electron chi connectivity index (χ0n) is 20.3. The molecule has 0 heterocycles. The minimum atomic E-state index is -0.763. The fourth-order valence-electron chi connectivity index (χ4n) is 3.85. The van der Waals surface area contributed by atoms with Gasteiger partial charge in [0.1, 0.15) is 11.5 Å². The van der Waals surface area contributed by atoms with Gasteiger partial charge in [0.15, 0.2) is 0 Å². The molecule has 0 aliphatic heterocycles. The average molecular weight is 563 g/mol. The first-order chi connectivity index (χ1) is 18.1. The van der Waals surface area contributed by atoms with Crippen molar-refractivity contribution in [2.75, 3.05) is 48.3 Å². The van der Waals surface area contributed by atoms with Gasteiger partial charge in [0, 0.05) is 49.1 Å². The van der Waals surface area contributed by atoms with Gasteiger partial charge in [0.2, 0.25) is 23.4 Å². The highest BCUT2D eigenvalue weighted by Gasteiger charge is 2.38. The first-order valence-corrected chi connectivity index (χ1v) is 13.0. The minimum Gasteiger partial charge on any atom is -0.507 e. The van der Waals surface area contributed by atoms with Crippen LogP contribution in [0.1, 0.15) is 31.8 Å². The Labute approximate surface area is 229 Å². The number of nitrogens with two attached hydrogens (primary N) is 2. The van der Waals surface area contributed by atoms with Crippen molar-refractivity contribution in [1.82, 2.24) is 10.6 Å². The zero-order chi connectivity index (χ0) is 28.0. The summed E-state index contributed by atoms with van der Waals surface area (Å²) in [7, 11) is 0. The Morgan fingerprint density at radius 3 is 1.39 bits per heavy atom. The Bertz CT molecular complexity index is 1160. The van der Waals surface area contributed by atoms with Gasteiger partial charge in [-0.25, -0.2) is 0 Å². The normalized spacial score (nSPS) is 13.7. The van der Waals surface area contributed by atoms with E-state index in [-0.39, 0.29) is 83.1 Å². The maximum absolute atomic E-state index is 13.5. The summed E-state index contributed by atoms with van der Waals surface area (Å²) < 4.78 is 0. The number of hydrogen-bond acceptors (Lipinski definition) is 12. The highest BCUT2D eigenvalue weighted by molar-refractivity contribution is 7.80. The van der Waals surface area contributed by atoms with E-state index < -0.39 is 35.1 Å². The Morgan fingerprint density at radius 2 is 1.05 bits per heavy atom. The third kappa shape index (κ3) is 6.15. The number of carbonyl (C=O) groups is 4. The quantitative estimate of drug-likeness (QED) is 0.0773. The van der Waals surface area contributed by atoms with Crippen molar-refractivity contribution in [3.05, 3.63) is 46.5 Å². The average Bonchev–Trinajstić information content (AvgIpc) is 2.91. The van der Waals surface area contributed by atoms with Crippen LogP contribution in [0, 0.1) is 0 Å². The first kappa shape index (κ1) is 29.1. The van der Waals surface area contributed by atoms with Gasteiger partial charge in [0.05, 0.1) is 34.3 Å². The molecule has 0 fully saturated rings. The number of benzene rings is 2. The smallest absolute Gasteiger partial charge is 0.237 e. The summed E-state index contributed by atoms with van der Waals surface area (Å²) in [5.41, 5.74) is 11.2. The summed E-state index contributed by atoms with van der Waals surface area (Å²) >= 11 is 7.97.